The summed E-state index contributed by atoms with van der Waals surface area (Å²) in [6.45, 7) is 4.54. The molecule has 1 aromatic heterocycles. The lowest BCUT2D eigenvalue weighted by atomic mass is 9.93. The van der Waals surface area contributed by atoms with Crippen LogP contribution in [0.5, 0.6) is 5.75 Å². The van der Waals surface area contributed by atoms with E-state index in [-0.39, 0.29) is 5.91 Å². The summed E-state index contributed by atoms with van der Waals surface area (Å²) >= 11 is 0. The van der Waals surface area contributed by atoms with Crippen molar-refractivity contribution >= 4 is 23.2 Å². The smallest absolute Gasteiger partial charge is 0.224 e. The van der Waals surface area contributed by atoms with Crippen LogP contribution in [-0.4, -0.2) is 41.6 Å². The van der Waals surface area contributed by atoms with E-state index in [1.54, 1.807) is 6.33 Å². The highest BCUT2D eigenvalue weighted by molar-refractivity contribution is 5.90. The van der Waals surface area contributed by atoms with Crippen molar-refractivity contribution in [2.24, 2.45) is 5.92 Å². The molecule has 2 aromatic rings. The number of aromatic nitrogens is 2. The van der Waals surface area contributed by atoms with Gasteiger partial charge < -0.3 is 20.3 Å². The van der Waals surface area contributed by atoms with Crippen molar-refractivity contribution in [2.75, 3.05) is 35.2 Å². The molecule has 1 saturated heterocycles. The predicted molar refractivity (Wildman–Crippen MR) is 119 cm³/mol. The summed E-state index contributed by atoms with van der Waals surface area (Å²) in [5, 5.41) is 6.43. The number of benzene rings is 1. The molecule has 0 unspecified atom stereocenters. The van der Waals surface area contributed by atoms with Crippen LogP contribution in [0.2, 0.25) is 0 Å². The molecule has 2 aliphatic rings. The third kappa shape index (κ3) is 5.84. The highest BCUT2D eigenvalue weighted by Gasteiger charge is 2.24. The van der Waals surface area contributed by atoms with Crippen LogP contribution < -0.4 is 20.3 Å². The molecule has 30 heavy (non-hydrogen) atoms. The quantitative estimate of drug-likeness (QED) is 0.650. The molecule has 7 nitrogen and oxygen atoms in total. The molecule has 1 amide bonds. The van der Waals surface area contributed by atoms with Crippen LogP contribution in [0.1, 0.15) is 45.4 Å². The normalized spacial score (nSPS) is 18.7. The van der Waals surface area contributed by atoms with Crippen molar-refractivity contribution in [1.29, 1.82) is 0 Å². The summed E-state index contributed by atoms with van der Waals surface area (Å²) in [5.41, 5.74) is 0.811. The Hall–Kier alpha value is -2.83. The Kier molecular flexibility index (Phi) is 6.67. The van der Waals surface area contributed by atoms with E-state index in [2.05, 4.69) is 31.6 Å². The Morgan fingerprint density at radius 2 is 2.03 bits per heavy atom. The van der Waals surface area contributed by atoms with E-state index in [4.69, 9.17) is 4.74 Å². The van der Waals surface area contributed by atoms with Gasteiger partial charge in [0.25, 0.3) is 0 Å². The second-order valence-electron chi connectivity index (χ2n) is 8.18. The van der Waals surface area contributed by atoms with Crippen LogP contribution >= 0.6 is 0 Å². The topological polar surface area (TPSA) is 79.4 Å². The van der Waals surface area contributed by atoms with Crippen LogP contribution in [0, 0.1) is 5.92 Å². The predicted octanol–water partition coefficient (Wildman–Crippen LogP) is 4.08. The van der Waals surface area contributed by atoms with E-state index in [1.165, 1.54) is 12.8 Å². The fourth-order valence-electron chi connectivity index (χ4n) is 3.90. The minimum absolute atomic E-state index is 0.0641. The van der Waals surface area contributed by atoms with Crippen molar-refractivity contribution in [3.8, 4) is 5.75 Å². The van der Waals surface area contributed by atoms with Gasteiger partial charge in [-0.3, -0.25) is 4.79 Å². The molecule has 4 rings (SSSR count). The summed E-state index contributed by atoms with van der Waals surface area (Å²) < 4.78 is 5.44. The SMILES string of the molecule is CCOc1ccc(NC(=O)CC[C@@H]2CCCN(c3cc(NC4CC4)ncn3)C2)cc1. The molecule has 0 bridgehead atoms. The van der Waals surface area contributed by atoms with Crippen LogP contribution in [-0.2, 0) is 4.79 Å². The molecule has 1 aromatic carbocycles. The highest BCUT2D eigenvalue weighted by Crippen LogP contribution is 2.28. The Morgan fingerprint density at radius 3 is 2.80 bits per heavy atom. The standard InChI is InChI=1S/C23H31N5O2/c1-2-30-20-10-8-19(9-11-20)27-23(29)12-5-17-4-3-13-28(15-17)22-14-21(24-16-25-22)26-18-6-7-18/h8-11,14,16-18H,2-7,12-13,15H2,1H3,(H,27,29)(H,24,25,26)/t17-/m0/s1. The van der Waals surface area contributed by atoms with E-state index < -0.39 is 0 Å². The third-order valence-corrected chi connectivity index (χ3v) is 5.65. The maximum Gasteiger partial charge on any atom is 0.224 e. The summed E-state index contributed by atoms with van der Waals surface area (Å²) in [4.78, 5) is 23.5. The molecule has 160 valence electrons. The minimum atomic E-state index is 0.0641. The molecule has 0 spiro atoms. The third-order valence-electron chi connectivity index (χ3n) is 5.65. The maximum atomic E-state index is 12.4. The van der Waals surface area contributed by atoms with Gasteiger partial charge >= 0.3 is 0 Å². The molecule has 2 heterocycles. The summed E-state index contributed by atoms with van der Waals surface area (Å²) in [5.74, 6) is 3.28. The van der Waals surface area contributed by atoms with Crippen molar-refractivity contribution in [3.05, 3.63) is 36.7 Å². The molecule has 2 fully saturated rings. The van der Waals surface area contributed by atoms with Gasteiger partial charge in [-0.15, -0.1) is 0 Å². The van der Waals surface area contributed by atoms with Gasteiger partial charge in [0.15, 0.2) is 0 Å². The van der Waals surface area contributed by atoms with E-state index in [1.807, 2.05) is 31.2 Å². The number of hydrogen-bond donors (Lipinski definition) is 2. The first-order valence-electron chi connectivity index (χ1n) is 11.1. The first-order valence-corrected chi connectivity index (χ1v) is 11.1. The molecule has 1 saturated carbocycles. The Morgan fingerprint density at radius 1 is 1.20 bits per heavy atom. The van der Waals surface area contributed by atoms with Crippen LogP contribution in [0.25, 0.3) is 0 Å². The summed E-state index contributed by atoms with van der Waals surface area (Å²) in [6, 6.07) is 10.2. The van der Waals surface area contributed by atoms with Crippen molar-refractivity contribution in [1.82, 2.24) is 9.97 Å². The Labute approximate surface area is 178 Å². The number of amides is 1. The van der Waals surface area contributed by atoms with E-state index in [9.17, 15) is 4.79 Å². The van der Waals surface area contributed by atoms with Gasteiger partial charge in [-0.2, -0.15) is 0 Å². The molecule has 2 N–H and O–H groups in total. The summed E-state index contributed by atoms with van der Waals surface area (Å²) in [7, 11) is 0. The number of piperidine rings is 1. The lowest BCUT2D eigenvalue weighted by Crippen LogP contribution is -2.36. The number of nitrogens with zero attached hydrogens (tertiary/aromatic N) is 3. The van der Waals surface area contributed by atoms with Crippen molar-refractivity contribution in [3.63, 3.8) is 0 Å². The number of nitrogens with one attached hydrogen (secondary N) is 2. The number of anilines is 3. The highest BCUT2D eigenvalue weighted by atomic mass is 16.5. The summed E-state index contributed by atoms with van der Waals surface area (Å²) in [6.07, 6.45) is 7.80. The average molecular weight is 410 g/mol. The largest absolute Gasteiger partial charge is 0.494 e. The average Bonchev–Trinajstić information content (AvgIpc) is 3.58. The molecular weight excluding hydrogens is 378 g/mol. The first-order chi connectivity index (χ1) is 14.7. The number of carbonyl (C=O) groups excluding carboxylic acids is 1. The van der Waals surface area contributed by atoms with E-state index in [0.717, 1.165) is 55.4 Å². The van der Waals surface area contributed by atoms with Gasteiger partial charge in [0.2, 0.25) is 5.91 Å². The first kappa shape index (κ1) is 20.4. The van der Waals surface area contributed by atoms with Gasteiger partial charge in [-0.25, -0.2) is 9.97 Å². The second-order valence-corrected chi connectivity index (χ2v) is 8.18. The molecule has 1 aliphatic carbocycles. The van der Waals surface area contributed by atoms with E-state index in [0.29, 0.717) is 25.0 Å². The van der Waals surface area contributed by atoms with Gasteiger partial charge in [0, 0.05) is 37.3 Å². The molecule has 1 aliphatic heterocycles. The van der Waals surface area contributed by atoms with Crippen LogP contribution in [0.15, 0.2) is 36.7 Å². The fraction of sp³-hybridized carbons (Fsp3) is 0.522. The molecule has 0 radical (unpaired) electrons. The number of rotatable bonds is 9. The molecular formula is C23H31N5O2. The number of ether oxygens (including phenoxy) is 1. The zero-order valence-electron chi connectivity index (χ0n) is 17.6. The monoisotopic (exact) mass is 409 g/mol. The minimum Gasteiger partial charge on any atom is -0.494 e. The van der Waals surface area contributed by atoms with Crippen molar-refractivity contribution < 1.29 is 9.53 Å². The lowest BCUT2D eigenvalue weighted by Gasteiger charge is -2.33. The Balaban J connectivity index is 1.25. The van der Waals surface area contributed by atoms with E-state index >= 15 is 0 Å². The second kappa shape index (κ2) is 9.78. The zero-order valence-corrected chi connectivity index (χ0v) is 17.6. The molecule has 7 heteroatoms. The Bertz CT molecular complexity index is 838. The molecule has 1 atom stereocenters. The van der Waals surface area contributed by atoms with Gasteiger partial charge in [0.1, 0.15) is 23.7 Å². The van der Waals surface area contributed by atoms with Crippen molar-refractivity contribution in [2.45, 2.75) is 51.5 Å². The van der Waals surface area contributed by atoms with Gasteiger partial charge in [0.05, 0.1) is 6.61 Å². The number of carbonyl (C=O) groups is 1. The van der Waals surface area contributed by atoms with Crippen LogP contribution in [0.3, 0.4) is 0 Å². The zero-order chi connectivity index (χ0) is 20.8. The van der Waals surface area contributed by atoms with Gasteiger partial charge in [-0.1, -0.05) is 0 Å². The maximum absolute atomic E-state index is 12.4. The van der Waals surface area contributed by atoms with Crippen LogP contribution in [0.4, 0.5) is 17.3 Å². The fourth-order valence-corrected chi connectivity index (χ4v) is 3.90. The number of hydrogen-bond acceptors (Lipinski definition) is 6. The lowest BCUT2D eigenvalue weighted by molar-refractivity contribution is -0.116. The van der Waals surface area contributed by atoms with Gasteiger partial charge in [-0.05, 0) is 69.2 Å².